The molecule has 32 heavy (non-hydrogen) atoms. The smallest absolute Gasteiger partial charge is 0.323 e. The minimum Gasteiger partial charge on any atom is -0.462 e. The molecule has 1 rings (SSSR count). The Hall–Kier alpha value is -1.75. The van der Waals surface area contributed by atoms with Gasteiger partial charge in [0, 0.05) is 20.0 Å². The molecule has 0 saturated carbocycles. The van der Waals surface area contributed by atoms with Gasteiger partial charge in [-0.25, -0.2) is 0 Å². The maximum atomic E-state index is 12.3. The molecule has 1 saturated heterocycles. The number of unbranched alkanes of at least 4 members (excludes halogenated alkanes) is 3. The third kappa shape index (κ3) is 9.81. The van der Waals surface area contributed by atoms with Crippen molar-refractivity contribution in [3.63, 3.8) is 0 Å². The lowest BCUT2D eigenvalue weighted by atomic mass is 10.1. The first-order valence-electron chi connectivity index (χ1n) is 11.6. The highest BCUT2D eigenvalue weighted by atomic mass is 16.7. The summed E-state index contributed by atoms with van der Waals surface area (Å²) in [5.41, 5.74) is 11.3. The predicted octanol–water partition coefficient (Wildman–Crippen LogP) is 1.56. The van der Waals surface area contributed by atoms with E-state index < -0.39 is 48.6 Å². The van der Waals surface area contributed by atoms with Crippen LogP contribution in [-0.2, 0) is 38.1 Å². The van der Waals surface area contributed by atoms with E-state index in [4.69, 9.17) is 35.2 Å². The van der Waals surface area contributed by atoms with Gasteiger partial charge in [0.15, 0.2) is 18.5 Å². The minimum atomic E-state index is -0.962. The maximum Gasteiger partial charge on any atom is 0.323 e. The van der Waals surface area contributed by atoms with Crippen LogP contribution in [0, 0.1) is 0 Å². The number of methoxy groups -OCH3 is 1. The number of carbonyl (C=O) groups excluding carboxylic acids is 3. The van der Waals surface area contributed by atoms with E-state index in [9.17, 15) is 14.4 Å². The van der Waals surface area contributed by atoms with Crippen LogP contribution in [-0.4, -0.2) is 68.8 Å². The summed E-state index contributed by atoms with van der Waals surface area (Å²) in [6.45, 7) is 4.25. The fourth-order valence-corrected chi connectivity index (χ4v) is 3.24. The molecule has 3 unspecified atom stereocenters. The lowest BCUT2D eigenvalue weighted by Gasteiger charge is -2.24. The van der Waals surface area contributed by atoms with E-state index in [1.165, 1.54) is 7.11 Å². The van der Waals surface area contributed by atoms with Crippen molar-refractivity contribution >= 4 is 17.9 Å². The van der Waals surface area contributed by atoms with Crippen LogP contribution >= 0.6 is 0 Å². The molecule has 0 aromatic carbocycles. The number of hydrogen-bond acceptors (Lipinski definition) is 10. The van der Waals surface area contributed by atoms with Gasteiger partial charge in [0.2, 0.25) is 0 Å². The SMILES string of the molecule is CCCCC(=O)O[C@@H]1C(COC(=O)C(N)CCCCN)OC(OC)[C@@H]1OC(=O)CCCC. The molecule has 10 heteroatoms. The van der Waals surface area contributed by atoms with Crippen LogP contribution in [0.1, 0.15) is 71.6 Å². The molecule has 0 radical (unpaired) electrons. The molecule has 1 heterocycles. The average Bonchev–Trinajstić information content (AvgIpc) is 3.10. The topological polar surface area (TPSA) is 149 Å². The highest BCUT2D eigenvalue weighted by Gasteiger charge is 2.50. The number of rotatable bonds is 16. The number of ether oxygens (including phenoxy) is 5. The summed E-state index contributed by atoms with van der Waals surface area (Å²) in [6, 6.07) is -0.783. The third-order valence-corrected chi connectivity index (χ3v) is 5.17. The molecule has 0 aliphatic carbocycles. The molecule has 0 aromatic rings. The Kier molecular flexibility index (Phi) is 14.1. The van der Waals surface area contributed by atoms with E-state index in [0.717, 1.165) is 19.3 Å². The summed E-state index contributed by atoms with van der Waals surface area (Å²) < 4.78 is 27.5. The van der Waals surface area contributed by atoms with E-state index in [1.54, 1.807) is 0 Å². The van der Waals surface area contributed by atoms with Crippen molar-refractivity contribution in [3.8, 4) is 0 Å². The van der Waals surface area contributed by atoms with E-state index in [-0.39, 0.29) is 19.4 Å². The van der Waals surface area contributed by atoms with Gasteiger partial charge in [-0.2, -0.15) is 0 Å². The van der Waals surface area contributed by atoms with Crippen LogP contribution in [0.25, 0.3) is 0 Å². The van der Waals surface area contributed by atoms with Gasteiger partial charge in [-0.1, -0.05) is 33.1 Å². The summed E-state index contributed by atoms with van der Waals surface area (Å²) >= 11 is 0. The van der Waals surface area contributed by atoms with Crippen LogP contribution in [0.2, 0.25) is 0 Å². The molecule has 1 fully saturated rings. The average molecular weight is 461 g/mol. The van der Waals surface area contributed by atoms with Gasteiger partial charge in [0.25, 0.3) is 0 Å². The Morgan fingerprint density at radius 1 is 0.938 bits per heavy atom. The third-order valence-electron chi connectivity index (χ3n) is 5.17. The summed E-state index contributed by atoms with van der Waals surface area (Å²) in [6.07, 6.45) is 1.67. The molecule has 10 nitrogen and oxygen atoms in total. The van der Waals surface area contributed by atoms with Crippen molar-refractivity contribution < 1.29 is 38.1 Å². The minimum absolute atomic E-state index is 0.210. The summed E-state index contributed by atoms with van der Waals surface area (Å²) in [5.74, 6) is -1.46. The van der Waals surface area contributed by atoms with Gasteiger partial charge in [0.1, 0.15) is 18.8 Å². The van der Waals surface area contributed by atoms with Gasteiger partial charge < -0.3 is 35.2 Å². The van der Waals surface area contributed by atoms with Crippen LogP contribution in [0.15, 0.2) is 0 Å². The lowest BCUT2D eigenvalue weighted by molar-refractivity contribution is -0.184. The zero-order valence-electron chi connectivity index (χ0n) is 19.6. The number of hydrogen-bond donors (Lipinski definition) is 2. The second kappa shape index (κ2) is 16.0. The molecule has 5 atom stereocenters. The second-order valence-corrected chi connectivity index (χ2v) is 7.92. The lowest BCUT2D eigenvalue weighted by Crippen LogP contribution is -2.43. The number of esters is 3. The molecule has 0 aromatic heterocycles. The Morgan fingerprint density at radius 3 is 2.06 bits per heavy atom. The van der Waals surface area contributed by atoms with Crippen molar-refractivity contribution in [2.75, 3.05) is 20.3 Å². The first kappa shape index (κ1) is 28.3. The normalized spacial score (nSPS) is 23.5. The highest BCUT2D eigenvalue weighted by Crippen LogP contribution is 2.29. The largest absolute Gasteiger partial charge is 0.462 e. The first-order chi connectivity index (χ1) is 15.4. The molecule has 4 N–H and O–H groups in total. The van der Waals surface area contributed by atoms with Gasteiger partial charge in [-0.15, -0.1) is 0 Å². The van der Waals surface area contributed by atoms with E-state index in [2.05, 4.69) is 0 Å². The van der Waals surface area contributed by atoms with Crippen molar-refractivity contribution in [2.45, 2.75) is 102 Å². The van der Waals surface area contributed by atoms with E-state index in [1.807, 2.05) is 13.8 Å². The van der Waals surface area contributed by atoms with E-state index >= 15 is 0 Å². The maximum absolute atomic E-state index is 12.3. The van der Waals surface area contributed by atoms with Gasteiger partial charge in [-0.3, -0.25) is 14.4 Å². The Bertz CT molecular complexity index is 574. The summed E-state index contributed by atoms with van der Waals surface area (Å²) in [5, 5.41) is 0. The summed E-state index contributed by atoms with van der Waals surface area (Å²) in [4.78, 5) is 36.8. The van der Waals surface area contributed by atoms with Crippen molar-refractivity contribution in [3.05, 3.63) is 0 Å². The first-order valence-corrected chi connectivity index (χ1v) is 11.6. The van der Waals surface area contributed by atoms with E-state index in [0.29, 0.717) is 32.2 Å². The standard InChI is InChI=1S/C22H40N2O8/c1-4-6-11-17(25)31-19-16(14-29-21(27)15(24)10-8-9-13-23)30-22(28-3)20(19)32-18(26)12-7-5-2/h15-16,19-20,22H,4-14,23-24H2,1-3H3/t15?,16?,19-,20-,22?/m1/s1. The number of carbonyl (C=O) groups is 3. The molecule has 186 valence electrons. The van der Waals surface area contributed by atoms with Gasteiger partial charge in [0.05, 0.1) is 0 Å². The van der Waals surface area contributed by atoms with Crippen molar-refractivity contribution in [2.24, 2.45) is 11.5 Å². The summed E-state index contributed by atoms with van der Waals surface area (Å²) in [7, 11) is 1.40. The number of nitrogens with two attached hydrogens (primary N) is 2. The molecular weight excluding hydrogens is 420 g/mol. The molecule has 1 aliphatic heterocycles. The molecular formula is C22H40N2O8. The zero-order chi connectivity index (χ0) is 23.9. The second-order valence-electron chi connectivity index (χ2n) is 7.92. The molecule has 0 bridgehead atoms. The predicted molar refractivity (Wildman–Crippen MR) is 116 cm³/mol. The quantitative estimate of drug-likeness (QED) is 0.197. The Morgan fingerprint density at radius 2 is 1.53 bits per heavy atom. The Balaban J connectivity index is 2.82. The van der Waals surface area contributed by atoms with Crippen LogP contribution in [0.3, 0.4) is 0 Å². The fraction of sp³-hybridized carbons (Fsp3) is 0.864. The Labute approximate surface area is 190 Å². The van der Waals surface area contributed by atoms with Gasteiger partial charge in [-0.05, 0) is 32.2 Å². The molecule has 0 amide bonds. The molecule has 1 aliphatic rings. The highest BCUT2D eigenvalue weighted by molar-refractivity contribution is 5.75. The van der Waals surface area contributed by atoms with Crippen LogP contribution in [0.4, 0.5) is 0 Å². The molecule has 0 spiro atoms. The zero-order valence-corrected chi connectivity index (χ0v) is 19.6. The fourth-order valence-electron chi connectivity index (χ4n) is 3.24. The van der Waals surface area contributed by atoms with Crippen LogP contribution in [0.5, 0.6) is 0 Å². The van der Waals surface area contributed by atoms with Crippen molar-refractivity contribution in [1.29, 1.82) is 0 Å². The monoisotopic (exact) mass is 460 g/mol. The van der Waals surface area contributed by atoms with Crippen molar-refractivity contribution in [1.82, 2.24) is 0 Å². The van der Waals surface area contributed by atoms with Gasteiger partial charge >= 0.3 is 17.9 Å². The van der Waals surface area contributed by atoms with Crippen LogP contribution < -0.4 is 11.5 Å².